The predicted molar refractivity (Wildman–Crippen MR) is 132 cm³/mol. The summed E-state index contributed by atoms with van der Waals surface area (Å²) in [7, 11) is 0. The molecule has 1 N–H and O–H groups in total. The number of rotatable bonds is 4. The van der Waals surface area contributed by atoms with Crippen LogP contribution in [-0.2, 0) is 9.59 Å². The number of carbonyl (C=O) groups is 2. The summed E-state index contributed by atoms with van der Waals surface area (Å²) in [5.41, 5.74) is -0.425. The Labute approximate surface area is 203 Å². The maximum absolute atomic E-state index is 13.6. The third-order valence-corrected chi connectivity index (χ3v) is 5.52. The number of halogens is 1. The van der Waals surface area contributed by atoms with Crippen LogP contribution in [0.25, 0.3) is 17.0 Å². The van der Waals surface area contributed by atoms with Crippen molar-refractivity contribution >= 4 is 51.9 Å². The topological polar surface area (TPSA) is 88.8 Å². The average molecular weight is 486 g/mol. The van der Waals surface area contributed by atoms with E-state index in [0.717, 1.165) is 29.4 Å². The second kappa shape index (κ2) is 8.96. The van der Waals surface area contributed by atoms with Gasteiger partial charge in [-0.1, -0.05) is 18.2 Å². The standard InChI is InChI=1S/C26H15FN2O5S/c27-16-6-11-22-20(13-16)23(30)15(14-33-22)12-21-24(31)28-26(35)29(25(21)32)17-7-9-19(10-8-17)34-18-4-2-1-3-5-18/h1-14H,(H,28,31,35). The normalized spacial score (nSPS) is 14.9. The molecule has 1 aliphatic heterocycles. The summed E-state index contributed by atoms with van der Waals surface area (Å²) in [4.78, 5) is 39.7. The summed E-state index contributed by atoms with van der Waals surface area (Å²) in [6.45, 7) is 0. The molecule has 2 amide bonds. The van der Waals surface area contributed by atoms with Gasteiger partial charge in [0.2, 0.25) is 0 Å². The Morgan fingerprint density at radius 2 is 1.66 bits per heavy atom. The predicted octanol–water partition coefficient (Wildman–Crippen LogP) is 4.56. The van der Waals surface area contributed by atoms with E-state index < -0.39 is 23.1 Å². The van der Waals surface area contributed by atoms with E-state index in [4.69, 9.17) is 21.4 Å². The molecule has 5 rings (SSSR count). The highest BCUT2D eigenvalue weighted by molar-refractivity contribution is 7.80. The van der Waals surface area contributed by atoms with Crippen molar-refractivity contribution in [3.05, 3.63) is 106 Å². The van der Waals surface area contributed by atoms with Crippen LogP contribution in [0, 0.1) is 5.82 Å². The molecule has 0 atom stereocenters. The molecule has 1 fully saturated rings. The highest BCUT2D eigenvalue weighted by atomic mass is 32.1. The number of thiocarbonyl (C=S) groups is 1. The van der Waals surface area contributed by atoms with Gasteiger partial charge in [-0.05, 0) is 72.9 Å². The summed E-state index contributed by atoms with van der Waals surface area (Å²) in [6, 6.07) is 19.2. The van der Waals surface area contributed by atoms with Crippen molar-refractivity contribution in [2.24, 2.45) is 0 Å². The first kappa shape index (κ1) is 22.2. The Balaban J connectivity index is 1.47. The van der Waals surface area contributed by atoms with Crippen LogP contribution in [-0.4, -0.2) is 16.9 Å². The molecule has 2 heterocycles. The quantitative estimate of drug-likeness (QED) is 0.259. The summed E-state index contributed by atoms with van der Waals surface area (Å²) >= 11 is 5.21. The Kier molecular flexibility index (Phi) is 5.68. The molecule has 0 bridgehead atoms. The number of carbonyl (C=O) groups excluding carboxylic acids is 2. The Hall–Kier alpha value is -4.63. The van der Waals surface area contributed by atoms with Crippen molar-refractivity contribution in [2.45, 2.75) is 0 Å². The number of amides is 2. The maximum atomic E-state index is 13.6. The Morgan fingerprint density at radius 1 is 0.943 bits per heavy atom. The molecule has 1 aliphatic rings. The van der Waals surface area contributed by atoms with Crippen LogP contribution in [0.5, 0.6) is 11.5 Å². The summed E-state index contributed by atoms with van der Waals surface area (Å²) < 4.78 is 24.8. The lowest BCUT2D eigenvalue weighted by Gasteiger charge is -2.29. The molecule has 1 saturated heterocycles. The molecule has 172 valence electrons. The first-order valence-electron chi connectivity index (χ1n) is 10.4. The van der Waals surface area contributed by atoms with Crippen molar-refractivity contribution < 1.29 is 23.1 Å². The van der Waals surface area contributed by atoms with E-state index in [1.807, 2.05) is 30.3 Å². The molecule has 0 aliphatic carbocycles. The van der Waals surface area contributed by atoms with Crippen LogP contribution < -0.4 is 20.4 Å². The fourth-order valence-corrected chi connectivity index (χ4v) is 3.83. The molecule has 3 aromatic carbocycles. The number of hydrogen-bond donors (Lipinski definition) is 1. The monoisotopic (exact) mass is 486 g/mol. The number of nitrogens with zero attached hydrogens (tertiary/aromatic N) is 1. The lowest BCUT2D eigenvalue weighted by atomic mass is 10.1. The molecule has 0 unspecified atom stereocenters. The number of fused-ring (bicyclic) bond motifs is 1. The van der Waals surface area contributed by atoms with Crippen LogP contribution in [0.3, 0.4) is 0 Å². The molecule has 0 radical (unpaired) electrons. The van der Waals surface area contributed by atoms with Gasteiger partial charge in [0.05, 0.1) is 16.6 Å². The van der Waals surface area contributed by atoms with Crippen molar-refractivity contribution in [1.82, 2.24) is 5.32 Å². The molecule has 4 aromatic rings. The summed E-state index contributed by atoms with van der Waals surface area (Å²) in [6.07, 6.45) is 2.22. The number of anilines is 1. The number of hydrogen-bond acceptors (Lipinski definition) is 6. The van der Waals surface area contributed by atoms with Gasteiger partial charge in [0.1, 0.15) is 34.7 Å². The van der Waals surface area contributed by atoms with Crippen molar-refractivity contribution in [1.29, 1.82) is 0 Å². The van der Waals surface area contributed by atoms with Gasteiger partial charge in [0, 0.05) is 0 Å². The van der Waals surface area contributed by atoms with Gasteiger partial charge in [-0.25, -0.2) is 4.39 Å². The van der Waals surface area contributed by atoms with Gasteiger partial charge in [-0.2, -0.15) is 0 Å². The van der Waals surface area contributed by atoms with E-state index in [1.54, 1.807) is 24.3 Å². The second-order valence-corrected chi connectivity index (χ2v) is 7.91. The lowest BCUT2D eigenvalue weighted by molar-refractivity contribution is -0.122. The van der Waals surface area contributed by atoms with Gasteiger partial charge >= 0.3 is 0 Å². The molecule has 7 nitrogen and oxygen atoms in total. The zero-order valence-corrected chi connectivity index (χ0v) is 18.7. The minimum absolute atomic E-state index is 0.00982. The average Bonchev–Trinajstić information content (AvgIpc) is 2.85. The third kappa shape index (κ3) is 4.32. The van der Waals surface area contributed by atoms with E-state index in [2.05, 4.69) is 5.32 Å². The SMILES string of the molecule is O=C1NC(=S)N(c2ccc(Oc3ccccc3)cc2)C(=O)C1=Cc1coc2ccc(F)cc2c1=O. The molecular formula is C26H15FN2O5S. The molecule has 35 heavy (non-hydrogen) atoms. The van der Waals surface area contributed by atoms with E-state index in [0.29, 0.717) is 17.2 Å². The van der Waals surface area contributed by atoms with Gasteiger partial charge in [0.15, 0.2) is 10.5 Å². The summed E-state index contributed by atoms with van der Waals surface area (Å²) in [5.74, 6) is -0.918. The van der Waals surface area contributed by atoms with E-state index >= 15 is 0 Å². The third-order valence-electron chi connectivity index (χ3n) is 5.24. The smallest absolute Gasteiger partial charge is 0.270 e. The highest BCUT2D eigenvalue weighted by Crippen LogP contribution is 2.27. The van der Waals surface area contributed by atoms with Crippen LogP contribution in [0.2, 0.25) is 0 Å². The van der Waals surface area contributed by atoms with Crippen LogP contribution in [0.4, 0.5) is 10.1 Å². The highest BCUT2D eigenvalue weighted by Gasteiger charge is 2.34. The molecule has 0 saturated carbocycles. The maximum Gasteiger partial charge on any atom is 0.270 e. The number of ether oxygens (including phenoxy) is 1. The van der Waals surface area contributed by atoms with E-state index in [1.165, 1.54) is 6.07 Å². The number of benzene rings is 3. The molecule has 0 spiro atoms. The van der Waals surface area contributed by atoms with Gasteiger partial charge in [0.25, 0.3) is 11.8 Å². The fourth-order valence-electron chi connectivity index (χ4n) is 3.55. The van der Waals surface area contributed by atoms with Crippen molar-refractivity contribution in [3.63, 3.8) is 0 Å². The summed E-state index contributed by atoms with van der Waals surface area (Å²) in [5, 5.41) is 2.33. The lowest BCUT2D eigenvalue weighted by Crippen LogP contribution is -2.54. The Morgan fingerprint density at radius 3 is 2.40 bits per heavy atom. The second-order valence-electron chi connectivity index (χ2n) is 7.53. The van der Waals surface area contributed by atoms with Gasteiger partial charge in [-0.3, -0.25) is 24.6 Å². The zero-order chi connectivity index (χ0) is 24.5. The van der Waals surface area contributed by atoms with E-state index in [-0.39, 0.29) is 27.2 Å². The minimum Gasteiger partial charge on any atom is -0.463 e. The van der Waals surface area contributed by atoms with E-state index in [9.17, 15) is 18.8 Å². The molecule has 1 aromatic heterocycles. The zero-order valence-electron chi connectivity index (χ0n) is 17.9. The largest absolute Gasteiger partial charge is 0.463 e. The minimum atomic E-state index is -0.765. The number of nitrogens with one attached hydrogen (secondary N) is 1. The van der Waals surface area contributed by atoms with Crippen molar-refractivity contribution in [2.75, 3.05) is 4.90 Å². The number of para-hydroxylation sites is 1. The van der Waals surface area contributed by atoms with Gasteiger partial charge in [-0.15, -0.1) is 0 Å². The van der Waals surface area contributed by atoms with Crippen LogP contribution in [0.15, 0.2) is 93.8 Å². The first-order chi connectivity index (χ1) is 16.9. The van der Waals surface area contributed by atoms with Crippen LogP contribution >= 0.6 is 12.2 Å². The van der Waals surface area contributed by atoms with Crippen molar-refractivity contribution in [3.8, 4) is 11.5 Å². The Bertz CT molecular complexity index is 1580. The van der Waals surface area contributed by atoms with Gasteiger partial charge < -0.3 is 9.15 Å². The molecule has 9 heteroatoms. The fraction of sp³-hybridized carbons (Fsp3) is 0. The van der Waals surface area contributed by atoms with Crippen LogP contribution in [0.1, 0.15) is 5.56 Å². The molecular weight excluding hydrogens is 471 g/mol. The first-order valence-corrected chi connectivity index (χ1v) is 10.8.